The second kappa shape index (κ2) is 8.80. The molecular formula is C18H21BrN2O3. The Kier molecular flexibility index (Phi) is 6.75. The predicted octanol–water partition coefficient (Wildman–Crippen LogP) is 2.62. The number of benzene rings is 1. The van der Waals surface area contributed by atoms with Gasteiger partial charge in [0.1, 0.15) is 0 Å². The fourth-order valence-corrected chi connectivity index (χ4v) is 2.63. The molecule has 1 aromatic carbocycles. The van der Waals surface area contributed by atoms with Crippen molar-refractivity contribution in [3.05, 3.63) is 68.5 Å². The molecule has 0 radical (unpaired) electrons. The summed E-state index contributed by atoms with van der Waals surface area (Å²) < 4.78 is 7.49. The summed E-state index contributed by atoms with van der Waals surface area (Å²) >= 11 is 3.41. The van der Waals surface area contributed by atoms with E-state index in [2.05, 4.69) is 21.2 Å². The largest absolute Gasteiger partial charge is 0.383 e. The molecule has 1 atom stereocenters. The lowest BCUT2D eigenvalue weighted by Crippen LogP contribution is -2.35. The Hall–Kier alpha value is -1.92. The second-order valence-electron chi connectivity index (χ2n) is 5.65. The molecule has 1 N–H and O–H groups in total. The van der Waals surface area contributed by atoms with E-state index in [4.69, 9.17) is 4.74 Å². The number of nitrogens with one attached hydrogen (secondary N) is 1. The van der Waals surface area contributed by atoms with E-state index in [9.17, 15) is 9.59 Å². The number of amides is 1. The van der Waals surface area contributed by atoms with Crippen molar-refractivity contribution in [2.24, 2.45) is 0 Å². The standard InChI is InChI=1S/C18H21BrN2O3/c1-13(11-14-3-6-16(19)7-4-14)20-18(23)15-5-8-17(22)21(12-15)9-10-24-2/h3-8,12-13H,9-11H2,1-2H3,(H,20,23)/t13-/m1/s1. The average Bonchev–Trinajstić information content (AvgIpc) is 2.56. The molecule has 0 unspecified atom stereocenters. The van der Waals surface area contributed by atoms with Gasteiger partial charge in [-0.3, -0.25) is 9.59 Å². The van der Waals surface area contributed by atoms with Gasteiger partial charge in [-0.15, -0.1) is 0 Å². The lowest BCUT2D eigenvalue weighted by Gasteiger charge is -2.15. The summed E-state index contributed by atoms with van der Waals surface area (Å²) in [4.78, 5) is 24.1. The monoisotopic (exact) mass is 392 g/mol. The molecule has 0 spiro atoms. The first kappa shape index (κ1) is 18.4. The number of hydrogen-bond acceptors (Lipinski definition) is 3. The first-order chi connectivity index (χ1) is 11.5. The summed E-state index contributed by atoms with van der Waals surface area (Å²) in [6.45, 7) is 2.80. The number of halogens is 1. The van der Waals surface area contributed by atoms with Crippen molar-refractivity contribution in [2.45, 2.75) is 25.9 Å². The third-order valence-electron chi connectivity index (χ3n) is 3.61. The summed E-state index contributed by atoms with van der Waals surface area (Å²) in [7, 11) is 1.57. The Morgan fingerprint density at radius 2 is 1.96 bits per heavy atom. The SMILES string of the molecule is COCCn1cc(C(=O)N[C@H](C)Cc2ccc(Br)cc2)ccc1=O. The van der Waals surface area contributed by atoms with Gasteiger partial charge in [-0.05, 0) is 37.1 Å². The minimum atomic E-state index is -0.189. The molecule has 24 heavy (non-hydrogen) atoms. The van der Waals surface area contributed by atoms with E-state index in [1.165, 1.54) is 10.6 Å². The van der Waals surface area contributed by atoms with E-state index in [0.29, 0.717) is 18.7 Å². The average molecular weight is 393 g/mol. The van der Waals surface area contributed by atoms with Crippen LogP contribution < -0.4 is 10.9 Å². The number of pyridine rings is 1. The molecule has 1 aromatic heterocycles. The maximum atomic E-state index is 12.4. The Balaban J connectivity index is 2.00. The highest BCUT2D eigenvalue weighted by molar-refractivity contribution is 9.10. The zero-order valence-electron chi connectivity index (χ0n) is 13.8. The minimum Gasteiger partial charge on any atom is -0.383 e. The van der Waals surface area contributed by atoms with Crippen molar-refractivity contribution in [1.82, 2.24) is 9.88 Å². The number of methoxy groups -OCH3 is 1. The number of carbonyl (C=O) groups is 1. The molecule has 128 valence electrons. The highest BCUT2D eigenvalue weighted by Crippen LogP contribution is 2.12. The normalized spacial score (nSPS) is 12.0. The molecule has 1 amide bonds. The van der Waals surface area contributed by atoms with Crippen LogP contribution in [0.2, 0.25) is 0 Å². The molecule has 0 aliphatic rings. The van der Waals surface area contributed by atoms with E-state index >= 15 is 0 Å². The Bertz CT molecular complexity index is 741. The van der Waals surface area contributed by atoms with Gasteiger partial charge >= 0.3 is 0 Å². The molecule has 6 heteroatoms. The van der Waals surface area contributed by atoms with Crippen molar-refractivity contribution in [3.8, 4) is 0 Å². The van der Waals surface area contributed by atoms with Crippen LogP contribution in [0.1, 0.15) is 22.8 Å². The molecular weight excluding hydrogens is 372 g/mol. The maximum Gasteiger partial charge on any atom is 0.252 e. The van der Waals surface area contributed by atoms with Crippen LogP contribution in [0.15, 0.2) is 51.9 Å². The second-order valence-corrected chi connectivity index (χ2v) is 6.56. The lowest BCUT2D eigenvalue weighted by atomic mass is 10.1. The first-order valence-corrected chi connectivity index (χ1v) is 8.53. The lowest BCUT2D eigenvalue weighted by molar-refractivity contribution is 0.0939. The topological polar surface area (TPSA) is 60.3 Å². The summed E-state index contributed by atoms with van der Waals surface area (Å²) in [5, 5.41) is 2.96. The maximum absolute atomic E-state index is 12.4. The zero-order chi connectivity index (χ0) is 17.5. The number of rotatable bonds is 7. The van der Waals surface area contributed by atoms with Crippen LogP contribution >= 0.6 is 15.9 Å². The van der Waals surface area contributed by atoms with Gasteiger partial charge < -0.3 is 14.6 Å². The molecule has 5 nitrogen and oxygen atoms in total. The van der Waals surface area contributed by atoms with Gasteiger partial charge in [0.15, 0.2) is 0 Å². The summed E-state index contributed by atoms with van der Waals surface area (Å²) in [5.41, 5.74) is 1.47. The van der Waals surface area contributed by atoms with Crippen LogP contribution in [0.5, 0.6) is 0 Å². The van der Waals surface area contributed by atoms with E-state index in [-0.39, 0.29) is 17.5 Å². The van der Waals surface area contributed by atoms with Gasteiger partial charge in [0.25, 0.3) is 11.5 Å². The van der Waals surface area contributed by atoms with Crippen LogP contribution in [0.25, 0.3) is 0 Å². The number of ether oxygens (including phenoxy) is 1. The highest BCUT2D eigenvalue weighted by atomic mass is 79.9. The van der Waals surface area contributed by atoms with E-state index < -0.39 is 0 Å². The molecule has 0 bridgehead atoms. The van der Waals surface area contributed by atoms with Gasteiger partial charge in [-0.2, -0.15) is 0 Å². The molecule has 0 fully saturated rings. The van der Waals surface area contributed by atoms with Crippen molar-refractivity contribution >= 4 is 21.8 Å². The van der Waals surface area contributed by atoms with E-state index in [0.717, 1.165) is 16.5 Å². The van der Waals surface area contributed by atoms with Gasteiger partial charge in [0.05, 0.1) is 12.2 Å². The summed E-state index contributed by atoms with van der Waals surface area (Å²) in [6.07, 6.45) is 2.31. The van der Waals surface area contributed by atoms with Crippen molar-refractivity contribution in [3.63, 3.8) is 0 Å². The minimum absolute atomic E-state index is 0.0157. The third-order valence-corrected chi connectivity index (χ3v) is 4.14. The van der Waals surface area contributed by atoms with Crippen LogP contribution in [-0.2, 0) is 17.7 Å². The Labute approximate surface area is 149 Å². The molecule has 1 heterocycles. The molecule has 0 saturated carbocycles. The van der Waals surface area contributed by atoms with Crippen LogP contribution in [0, 0.1) is 0 Å². The van der Waals surface area contributed by atoms with Gasteiger partial charge in [0, 0.05) is 36.4 Å². The van der Waals surface area contributed by atoms with Gasteiger partial charge in [0.2, 0.25) is 0 Å². The van der Waals surface area contributed by atoms with Crippen LogP contribution in [0.3, 0.4) is 0 Å². The molecule has 0 aliphatic carbocycles. The zero-order valence-corrected chi connectivity index (χ0v) is 15.4. The van der Waals surface area contributed by atoms with Crippen LogP contribution in [-0.4, -0.2) is 30.2 Å². The summed E-state index contributed by atoms with van der Waals surface area (Å²) in [5.74, 6) is -0.189. The number of nitrogens with zero attached hydrogens (tertiary/aromatic N) is 1. The predicted molar refractivity (Wildman–Crippen MR) is 97.4 cm³/mol. The molecule has 2 aromatic rings. The molecule has 2 rings (SSSR count). The number of hydrogen-bond donors (Lipinski definition) is 1. The van der Waals surface area contributed by atoms with Crippen molar-refractivity contribution in [2.75, 3.05) is 13.7 Å². The quantitative estimate of drug-likeness (QED) is 0.787. The van der Waals surface area contributed by atoms with E-state index in [1.807, 2.05) is 31.2 Å². The Morgan fingerprint density at radius 3 is 2.62 bits per heavy atom. The van der Waals surface area contributed by atoms with Crippen molar-refractivity contribution in [1.29, 1.82) is 0 Å². The number of carbonyl (C=O) groups excluding carboxylic acids is 1. The third kappa shape index (κ3) is 5.32. The van der Waals surface area contributed by atoms with Crippen LogP contribution in [0.4, 0.5) is 0 Å². The fourth-order valence-electron chi connectivity index (χ4n) is 2.36. The smallest absolute Gasteiger partial charge is 0.252 e. The van der Waals surface area contributed by atoms with Gasteiger partial charge in [-0.1, -0.05) is 28.1 Å². The molecule has 0 aliphatic heterocycles. The molecule has 0 saturated heterocycles. The fraction of sp³-hybridized carbons (Fsp3) is 0.333. The first-order valence-electron chi connectivity index (χ1n) is 7.74. The van der Waals surface area contributed by atoms with Crippen molar-refractivity contribution < 1.29 is 9.53 Å². The Morgan fingerprint density at radius 1 is 1.25 bits per heavy atom. The highest BCUT2D eigenvalue weighted by Gasteiger charge is 2.11. The van der Waals surface area contributed by atoms with Gasteiger partial charge in [-0.25, -0.2) is 0 Å². The summed E-state index contributed by atoms with van der Waals surface area (Å²) in [6, 6.07) is 11.0. The van der Waals surface area contributed by atoms with E-state index in [1.54, 1.807) is 19.4 Å². The number of aromatic nitrogens is 1.